The molecular weight excluding hydrogens is 304 g/mol. The number of pyridine rings is 1. The highest BCUT2D eigenvalue weighted by Crippen LogP contribution is 2.30. The van der Waals surface area contributed by atoms with Crippen LogP contribution in [-0.4, -0.2) is 48.1 Å². The molecule has 1 fully saturated rings. The molecule has 2 aromatic heterocycles. The lowest BCUT2D eigenvalue weighted by atomic mass is 10.1. The summed E-state index contributed by atoms with van der Waals surface area (Å²) in [6, 6.07) is 10.7. The summed E-state index contributed by atoms with van der Waals surface area (Å²) in [6.45, 7) is 6.24. The second kappa shape index (κ2) is 5.91. The van der Waals surface area contributed by atoms with E-state index < -0.39 is 0 Å². The van der Waals surface area contributed by atoms with Gasteiger partial charge < -0.3 is 9.80 Å². The normalized spacial score (nSPS) is 16.2. The first kappa shape index (κ1) is 14.6. The minimum absolute atomic E-state index is 0.974. The van der Waals surface area contributed by atoms with Gasteiger partial charge in [0.05, 0.1) is 16.4 Å². The van der Waals surface area contributed by atoms with Crippen molar-refractivity contribution in [3.05, 3.63) is 40.7 Å². The molecule has 4 nitrogen and oxygen atoms in total. The predicted octanol–water partition coefficient (Wildman–Crippen LogP) is 3.42. The Morgan fingerprint density at radius 2 is 1.78 bits per heavy atom. The van der Waals surface area contributed by atoms with Crippen LogP contribution in [0.4, 0.5) is 5.82 Å². The summed E-state index contributed by atoms with van der Waals surface area (Å²) in [5.41, 5.74) is 1.95. The molecule has 0 saturated carbocycles. The van der Waals surface area contributed by atoms with Crippen LogP contribution < -0.4 is 4.90 Å². The molecule has 118 valence electrons. The van der Waals surface area contributed by atoms with Gasteiger partial charge in [0.1, 0.15) is 5.82 Å². The van der Waals surface area contributed by atoms with E-state index in [4.69, 9.17) is 4.98 Å². The number of aromatic nitrogens is 2. The number of likely N-dealkylation sites (N-methyl/N-ethyl adjacent to an activating group) is 1. The number of thiazole rings is 1. The number of hydrogen-bond donors (Lipinski definition) is 0. The number of piperazine rings is 1. The molecule has 0 bridgehead atoms. The van der Waals surface area contributed by atoms with Crippen LogP contribution >= 0.6 is 11.3 Å². The van der Waals surface area contributed by atoms with Gasteiger partial charge in [-0.05, 0) is 25.4 Å². The summed E-state index contributed by atoms with van der Waals surface area (Å²) < 4.78 is 0. The number of aryl methyl sites for hydroxylation is 1. The van der Waals surface area contributed by atoms with Crippen LogP contribution in [0.3, 0.4) is 0 Å². The van der Waals surface area contributed by atoms with Crippen molar-refractivity contribution in [2.75, 3.05) is 38.1 Å². The van der Waals surface area contributed by atoms with Crippen molar-refractivity contribution < 1.29 is 0 Å². The summed E-state index contributed by atoms with van der Waals surface area (Å²) >= 11 is 1.67. The third-order valence-electron chi connectivity index (χ3n) is 4.40. The summed E-state index contributed by atoms with van der Waals surface area (Å²) in [5.74, 6) is 1.09. The van der Waals surface area contributed by atoms with E-state index >= 15 is 0 Å². The predicted molar refractivity (Wildman–Crippen MR) is 97.3 cm³/mol. The molecule has 0 N–H and O–H groups in total. The second-order valence-electron chi connectivity index (χ2n) is 6.09. The van der Waals surface area contributed by atoms with Crippen molar-refractivity contribution in [1.82, 2.24) is 14.9 Å². The third-order valence-corrected chi connectivity index (χ3v) is 5.18. The number of fused-ring (bicyclic) bond motifs is 1. The topological polar surface area (TPSA) is 32.3 Å². The van der Waals surface area contributed by atoms with Crippen LogP contribution in [0.2, 0.25) is 0 Å². The van der Waals surface area contributed by atoms with E-state index in [1.54, 1.807) is 11.3 Å². The maximum absolute atomic E-state index is 4.98. The Morgan fingerprint density at radius 3 is 2.52 bits per heavy atom. The van der Waals surface area contributed by atoms with Crippen molar-refractivity contribution in [2.45, 2.75) is 6.92 Å². The lowest BCUT2D eigenvalue weighted by molar-refractivity contribution is 0.312. The van der Waals surface area contributed by atoms with Gasteiger partial charge in [0.2, 0.25) is 0 Å². The van der Waals surface area contributed by atoms with Crippen LogP contribution in [-0.2, 0) is 0 Å². The lowest BCUT2D eigenvalue weighted by Crippen LogP contribution is -2.44. The van der Waals surface area contributed by atoms with Gasteiger partial charge >= 0.3 is 0 Å². The maximum atomic E-state index is 4.98. The zero-order valence-corrected chi connectivity index (χ0v) is 14.3. The average molecular weight is 324 g/mol. The average Bonchev–Trinajstić information content (AvgIpc) is 3.01. The van der Waals surface area contributed by atoms with Crippen molar-refractivity contribution in [3.63, 3.8) is 0 Å². The monoisotopic (exact) mass is 324 g/mol. The van der Waals surface area contributed by atoms with Gasteiger partial charge in [-0.3, -0.25) is 0 Å². The molecule has 0 spiro atoms. The first-order valence-electron chi connectivity index (χ1n) is 7.96. The summed E-state index contributed by atoms with van der Waals surface area (Å²) in [7, 11) is 2.18. The quantitative estimate of drug-likeness (QED) is 0.723. The van der Waals surface area contributed by atoms with Crippen LogP contribution in [0.5, 0.6) is 0 Å². The Labute approximate surface area is 140 Å². The second-order valence-corrected chi connectivity index (χ2v) is 7.16. The Kier molecular flexibility index (Phi) is 3.75. The minimum Gasteiger partial charge on any atom is -0.354 e. The largest absolute Gasteiger partial charge is 0.354 e. The van der Waals surface area contributed by atoms with Crippen LogP contribution in [0.25, 0.3) is 22.2 Å². The van der Waals surface area contributed by atoms with Crippen LogP contribution in [0.1, 0.15) is 5.01 Å². The Hall–Kier alpha value is -1.98. The molecule has 0 radical (unpaired) electrons. The highest BCUT2D eigenvalue weighted by Gasteiger charge is 2.19. The lowest BCUT2D eigenvalue weighted by Gasteiger charge is -2.34. The number of benzene rings is 1. The molecule has 3 heterocycles. The summed E-state index contributed by atoms with van der Waals surface area (Å²) in [4.78, 5) is 14.4. The standard InChI is InChI=1S/C18H20N4S/c1-13-19-17(12-23-13)16-11-14-5-3-4-6-15(14)18(20-16)22-9-7-21(2)8-10-22/h3-6,11-12H,7-10H2,1-2H3. The Morgan fingerprint density at radius 1 is 1.00 bits per heavy atom. The molecular formula is C18H20N4S. The summed E-state index contributed by atoms with van der Waals surface area (Å²) in [6.07, 6.45) is 0. The number of rotatable bonds is 2. The molecule has 1 aromatic carbocycles. The smallest absolute Gasteiger partial charge is 0.137 e. The Bertz CT molecular complexity index is 834. The van der Waals surface area contributed by atoms with E-state index in [0.717, 1.165) is 48.4 Å². The number of anilines is 1. The molecule has 4 rings (SSSR count). The van der Waals surface area contributed by atoms with Crippen molar-refractivity contribution in [2.24, 2.45) is 0 Å². The van der Waals surface area contributed by atoms with Gasteiger partial charge in [-0.2, -0.15) is 0 Å². The maximum Gasteiger partial charge on any atom is 0.137 e. The molecule has 1 aliphatic heterocycles. The highest BCUT2D eigenvalue weighted by molar-refractivity contribution is 7.09. The fraction of sp³-hybridized carbons (Fsp3) is 0.333. The van der Waals surface area contributed by atoms with E-state index in [1.165, 1.54) is 10.8 Å². The minimum atomic E-state index is 0.974. The van der Waals surface area contributed by atoms with Gasteiger partial charge in [0.25, 0.3) is 0 Å². The fourth-order valence-corrected chi connectivity index (χ4v) is 3.66. The molecule has 23 heavy (non-hydrogen) atoms. The molecule has 0 atom stereocenters. The van der Waals surface area contributed by atoms with Gasteiger partial charge in [0.15, 0.2) is 0 Å². The number of nitrogens with zero attached hydrogens (tertiary/aromatic N) is 4. The number of hydrogen-bond acceptors (Lipinski definition) is 5. The molecule has 5 heteroatoms. The van der Waals surface area contributed by atoms with Gasteiger partial charge in [-0.15, -0.1) is 11.3 Å². The first-order valence-corrected chi connectivity index (χ1v) is 8.84. The van der Waals surface area contributed by atoms with E-state index in [-0.39, 0.29) is 0 Å². The fourth-order valence-electron chi connectivity index (χ4n) is 3.05. The van der Waals surface area contributed by atoms with Gasteiger partial charge in [0, 0.05) is 36.9 Å². The summed E-state index contributed by atoms with van der Waals surface area (Å²) in [5, 5.41) is 5.64. The molecule has 1 saturated heterocycles. The molecule has 0 amide bonds. The third kappa shape index (κ3) is 2.82. The van der Waals surface area contributed by atoms with Gasteiger partial charge in [-0.25, -0.2) is 9.97 Å². The molecule has 1 aliphatic rings. The SMILES string of the molecule is Cc1nc(-c2cc3ccccc3c(N3CCN(C)CC3)n2)cs1. The zero-order valence-electron chi connectivity index (χ0n) is 13.5. The molecule has 0 unspecified atom stereocenters. The van der Waals surface area contributed by atoms with Crippen LogP contribution in [0, 0.1) is 6.92 Å². The van der Waals surface area contributed by atoms with E-state index in [0.29, 0.717) is 0 Å². The van der Waals surface area contributed by atoms with Crippen molar-refractivity contribution in [1.29, 1.82) is 0 Å². The molecule has 3 aromatic rings. The Balaban J connectivity index is 1.84. The van der Waals surface area contributed by atoms with Crippen LogP contribution in [0.15, 0.2) is 35.7 Å². The van der Waals surface area contributed by atoms with E-state index in [1.807, 2.05) is 6.92 Å². The van der Waals surface area contributed by atoms with Crippen molar-refractivity contribution in [3.8, 4) is 11.4 Å². The molecule has 0 aliphatic carbocycles. The van der Waals surface area contributed by atoms with E-state index in [9.17, 15) is 0 Å². The zero-order chi connectivity index (χ0) is 15.8. The van der Waals surface area contributed by atoms with E-state index in [2.05, 4.69) is 57.5 Å². The van der Waals surface area contributed by atoms with Crippen molar-refractivity contribution >= 4 is 27.9 Å². The van der Waals surface area contributed by atoms with Gasteiger partial charge in [-0.1, -0.05) is 24.3 Å². The first-order chi connectivity index (χ1) is 11.2. The highest BCUT2D eigenvalue weighted by atomic mass is 32.1.